The maximum absolute atomic E-state index is 12.7. The predicted molar refractivity (Wildman–Crippen MR) is 94.9 cm³/mol. The monoisotopic (exact) mass is 391 g/mol. The van der Waals surface area contributed by atoms with Gasteiger partial charge in [0.2, 0.25) is 0 Å². The molecule has 3 rings (SSSR count). The van der Waals surface area contributed by atoms with E-state index >= 15 is 0 Å². The molecule has 3 aromatic rings. The van der Waals surface area contributed by atoms with Gasteiger partial charge in [0.05, 0.1) is 5.56 Å². The normalized spacial score (nSPS) is 12.6. The largest absolute Gasteiger partial charge is 0.448 e. The van der Waals surface area contributed by atoms with Crippen LogP contribution >= 0.6 is 0 Å². The number of carbonyl (C=O) groups is 2. The molecule has 1 amide bonds. The molecule has 9 heteroatoms. The van der Waals surface area contributed by atoms with E-state index in [1.807, 2.05) is 13.0 Å². The second-order valence-corrected chi connectivity index (χ2v) is 6.14. The lowest BCUT2D eigenvalue weighted by molar-refractivity contribution is -0.137. The van der Waals surface area contributed by atoms with Crippen LogP contribution in [0.1, 0.15) is 28.7 Å². The summed E-state index contributed by atoms with van der Waals surface area (Å²) in [5, 5.41) is 2.30. The maximum Gasteiger partial charge on any atom is 0.416 e. The number of alkyl halides is 3. The third-order valence-corrected chi connectivity index (χ3v) is 4.02. The first-order chi connectivity index (χ1) is 13.1. The third-order valence-electron chi connectivity index (χ3n) is 4.02. The molecule has 0 radical (unpaired) electrons. The number of amides is 1. The van der Waals surface area contributed by atoms with Crippen LogP contribution in [0.5, 0.6) is 0 Å². The number of aryl methyl sites for hydroxylation is 1. The molecule has 0 unspecified atom stereocenters. The van der Waals surface area contributed by atoms with E-state index in [9.17, 15) is 22.8 Å². The van der Waals surface area contributed by atoms with Gasteiger partial charge in [-0.25, -0.2) is 9.78 Å². The van der Waals surface area contributed by atoms with Crippen LogP contribution in [0.4, 0.5) is 18.9 Å². The molecule has 1 atom stereocenters. The van der Waals surface area contributed by atoms with E-state index in [1.54, 1.807) is 16.5 Å². The van der Waals surface area contributed by atoms with Crippen LogP contribution in [0.3, 0.4) is 0 Å². The van der Waals surface area contributed by atoms with Gasteiger partial charge in [-0.2, -0.15) is 13.2 Å². The Kier molecular flexibility index (Phi) is 5.08. The van der Waals surface area contributed by atoms with Crippen molar-refractivity contribution in [1.29, 1.82) is 0 Å². The Morgan fingerprint density at radius 3 is 2.57 bits per heavy atom. The van der Waals surface area contributed by atoms with Gasteiger partial charge in [-0.3, -0.25) is 4.79 Å². The number of esters is 1. The van der Waals surface area contributed by atoms with E-state index < -0.39 is 29.7 Å². The first-order valence-electron chi connectivity index (χ1n) is 8.29. The molecule has 0 spiro atoms. The van der Waals surface area contributed by atoms with Crippen molar-refractivity contribution in [2.75, 3.05) is 5.32 Å². The number of hydrogen-bond acceptors (Lipinski definition) is 4. The minimum atomic E-state index is -4.53. The fourth-order valence-electron chi connectivity index (χ4n) is 2.54. The number of anilines is 1. The first kappa shape index (κ1) is 19.4. The van der Waals surface area contributed by atoms with Crippen LogP contribution < -0.4 is 5.32 Å². The van der Waals surface area contributed by atoms with Crippen LogP contribution in [-0.2, 0) is 15.7 Å². The summed E-state index contributed by atoms with van der Waals surface area (Å²) in [5.41, 5.74) is 0.488. The number of aromatic nitrogens is 2. The Bertz CT molecular complexity index is 1040. The van der Waals surface area contributed by atoms with E-state index in [-0.39, 0.29) is 11.4 Å². The van der Waals surface area contributed by atoms with Crippen molar-refractivity contribution in [2.45, 2.75) is 26.1 Å². The number of halogens is 3. The predicted octanol–water partition coefficient (Wildman–Crippen LogP) is 3.85. The van der Waals surface area contributed by atoms with E-state index in [2.05, 4.69) is 10.3 Å². The zero-order valence-electron chi connectivity index (χ0n) is 14.9. The summed E-state index contributed by atoms with van der Waals surface area (Å²) < 4.78 is 45.0. The van der Waals surface area contributed by atoms with Gasteiger partial charge in [0.25, 0.3) is 5.91 Å². The van der Waals surface area contributed by atoms with Crippen LogP contribution in [-0.4, -0.2) is 27.4 Å². The minimum Gasteiger partial charge on any atom is -0.448 e. The average Bonchev–Trinajstić information content (AvgIpc) is 3.07. The van der Waals surface area contributed by atoms with Crippen molar-refractivity contribution in [1.82, 2.24) is 9.38 Å². The molecule has 0 aliphatic carbocycles. The van der Waals surface area contributed by atoms with Gasteiger partial charge in [0.15, 0.2) is 11.8 Å². The van der Waals surface area contributed by atoms with Gasteiger partial charge in [-0.05, 0) is 44.2 Å². The number of carbonyl (C=O) groups excluding carboxylic acids is 2. The van der Waals surface area contributed by atoms with Crippen LogP contribution in [0.25, 0.3) is 5.65 Å². The summed E-state index contributed by atoms with van der Waals surface area (Å²) in [6, 6.07) is 9.53. The Morgan fingerprint density at radius 1 is 1.18 bits per heavy atom. The molecule has 0 saturated heterocycles. The highest BCUT2D eigenvalue weighted by Gasteiger charge is 2.30. The Balaban J connectivity index is 1.68. The molecular weight excluding hydrogens is 375 g/mol. The fraction of sp³-hybridized carbons (Fsp3) is 0.211. The zero-order chi connectivity index (χ0) is 20.5. The van der Waals surface area contributed by atoms with E-state index in [4.69, 9.17) is 4.74 Å². The van der Waals surface area contributed by atoms with Crippen molar-refractivity contribution >= 4 is 23.2 Å². The molecule has 1 aromatic carbocycles. The lowest BCUT2D eigenvalue weighted by Crippen LogP contribution is -2.30. The van der Waals surface area contributed by atoms with Gasteiger partial charge in [0, 0.05) is 17.6 Å². The summed E-state index contributed by atoms with van der Waals surface area (Å²) in [4.78, 5) is 28.6. The summed E-state index contributed by atoms with van der Waals surface area (Å²) in [6.07, 6.45) is -4.27. The molecule has 0 saturated carbocycles. The molecule has 0 aliphatic heterocycles. The average molecular weight is 391 g/mol. The molecule has 0 bridgehead atoms. The molecule has 2 aromatic heterocycles. The lowest BCUT2D eigenvalue weighted by atomic mass is 10.2. The maximum atomic E-state index is 12.7. The number of nitrogens with one attached hydrogen (secondary N) is 1. The van der Waals surface area contributed by atoms with Crippen LogP contribution in [0.2, 0.25) is 0 Å². The van der Waals surface area contributed by atoms with Gasteiger partial charge in [-0.1, -0.05) is 12.1 Å². The second-order valence-electron chi connectivity index (χ2n) is 6.14. The smallest absolute Gasteiger partial charge is 0.416 e. The van der Waals surface area contributed by atoms with Gasteiger partial charge in [0.1, 0.15) is 5.65 Å². The Hall–Kier alpha value is -3.36. The molecule has 0 fully saturated rings. The van der Waals surface area contributed by atoms with E-state index in [0.29, 0.717) is 5.65 Å². The first-order valence-corrected chi connectivity index (χ1v) is 8.29. The quantitative estimate of drug-likeness (QED) is 0.686. The molecule has 2 heterocycles. The number of imidazole rings is 1. The standard InChI is InChI=1S/C19H16F3N3O3/c1-11-5-3-8-16-24-15(10-25(11)16)18(27)28-12(2)17(26)23-14-7-4-6-13(9-14)19(20,21)22/h3-10,12H,1-2H3,(H,23,26)/t12-/m0/s1. The summed E-state index contributed by atoms with van der Waals surface area (Å²) in [5.74, 6) is -1.57. The summed E-state index contributed by atoms with van der Waals surface area (Å²) in [7, 11) is 0. The van der Waals surface area contributed by atoms with Gasteiger partial charge < -0.3 is 14.5 Å². The molecule has 28 heavy (non-hydrogen) atoms. The molecule has 1 N–H and O–H groups in total. The van der Waals surface area contributed by atoms with Crippen molar-refractivity contribution in [3.8, 4) is 0 Å². The Labute approximate surface area is 157 Å². The van der Waals surface area contributed by atoms with Crippen LogP contribution in [0.15, 0.2) is 48.7 Å². The summed E-state index contributed by atoms with van der Waals surface area (Å²) >= 11 is 0. The number of hydrogen-bond donors (Lipinski definition) is 1. The number of ether oxygens (including phenoxy) is 1. The SMILES string of the molecule is Cc1cccc2nc(C(=O)O[C@@H](C)C(=O)Nc3cccc(C(F)(F)F)c3)cn12. The third kappa shape index (κ3) is 4.13. The second kappa shape index (κ2) is 7.34. The molecule has 6 nitrogen and oxygen atoms in total. The zero-order valence-corrected chi connectivity index (χ0v) is 14.9. The lowest BCUT2D eigenvalue weighted by Gasteiger charge is -2.14. The number of benzene rings is 1. The molecule has 146 valence electrons. The topological polar surface area (TPSA) is 72.7 Å². The van der Waals surface area contributed by atoms with Gasteiger partial charge >= 0.3 is 12.1 Å². The fourth-order valence-corrected chi connectivity index (χ4v) is 2.54. The number of fused-ring (bicyclic) bond motifs is 1. The van der Waals surface area contributed by atoms with Crippen molar-refractivity contribution in [3.63, 3.8) is 0 Å². The summed E-state index contributed by atoms with van der Waals surface area (Å²) in [6.45, 7) is 3.16. The van der Waals surface area contributed by atoms with Crippen molar-refractivity contribution < 1.29 is 27.5 Å². The van der Waals surface area contributed by atoms with Gasteiger partial charge in [-0.15, -0.1) is 0 Å². The van der Waals surface area contributed by atoms with Crippen molar-refractivity contribution in [3.05, 3.63) is 65.6 Å². The molecular formula is C19H16F3N3O3. The van der Waals surface area contributed by atoms with E-state index in [0.717, 1.165) is 17.8 Å². The number of nitrogens with zero attached hydrogens (tertiary/aromatic N) is 2. The number of pyridine rings is 1. The highest BCUT2D eigenvalue weighted by atomic mass is 19.4. The van der Waals surface area contributed by atoms with Crippen molar-refractivity contribution in [2.24, 2.45) is 0 Å². The highest BCUT2D eigenvalue weighted by molar-refractivity contribution is 5.97. The molecule has 0 aliphatic rings. The highest BCUT2D eigenvalue weighted by Crippen LogP contribution is 2.30. The van der Waals surface area contributed by atoms with Crippen LogP contribution in [0, 0.1) is 6.92 Å². The van der Waals surface area contributed by atoms with E-state index in [1.165, 1.54) is 25.3 Å². The minimum absolute atomic E-state index is 0.0213. The Morgan fingerprint density at radius 2 is 1.89 bits per heavy atom. The number of rotatable bonds is 4.